The van der Waals surface area contributed by atoms with Crippen LogP contribution in [-0.4, -0.2) is 4.98 Å². The molecule has 1 heterocycles. The third-order valence-corrected chi connectivity index (χ3v) is 4.92. The first-order chi connectivity index (χ1) is 8.20. The molecule has 0 aliphatic heterocycles. The van der Waals surface area contributed by atoms with Crippen molar-refractivity contribution in [2.45, 2.75) is 66.2 Å². The first-order valence-corrected chi connectivity index (χ1v) is 7.13. The molecule has 100 valence electrons. The Balaban J connectivity index is 2.72. The minimum Gasteiger partial charge on any atom is -0.264 e. The van der Waals surface area contributed by atoms with Crippen LogP contribution < -0.4 is 0 Å². The van der Waals surface area contributed by atoms with E-state index in [0.29, 0.717) is 0 Å². The van der Waals surface area contributed by atoms with Gasteiger partial charge in [0.25, 0.3) is 0 Å². The first kappa shape index (κ1) is 13.6. The van der Waals surface area contributed by atoms with Gasteiger partial charge in [0.05, 0.1) is 0 Å². The summed E-state index contributed by atoms with van der Waals surface area (Å²) < 4.78 is 0. The van der Waals surface area contributed by atoms with Gasteiger partial charge < -0.3 is 0 Å². The second-order valence-electron chi connectivity index (χ2n) is 7.79. The number of aryl methyl sites for hydroxylation is 1. The molecular formula is C17H27N. The molecule has 0 saturated heterocycles. The third-order valence-electron chi connectivity index (χ3n) is 4.92. The summed E-state index contributed by atoms with van der Waals surface area (Å²) in [5.74, 6) is 0. The summed E-state index contributed by atoms with van der Waals surface area (Å²) in [5.41, 5.74) is 3.79. The topological polar surface area (TPSA) is 12.9 Å². The van der Waals surface area contributed by atoms with Gasteiger partial charge in [-0.05, 0) is 47.3 Å². The van der Waals surface area contributed by atoms with E-state index in [0.717, 1.165) is 0 Å². The van der Waals surface area contributed by atoms with E-state index < -0.39 is 0 Å². The zero-order valence-electron chi connectivity index (χ0n) is 12.8. The largest absolute Gasteiger partial charge is 0.264 e. The van der Waals surface area contributed by atoms with E-state index in [4.69, 9.17) is 0 Å². The summed E-state index contributed by atoms with van der Waals surface area (Å²) in [5, 5.41) is 0. The average Bonchev–Trinajstić information content (AvgIpc) is 2.25. The highest BCUT2D eigenvalue weighted by Gasteiger charge is 2.53. The Morgan fingerprint density at radius 2 is 1.67 bits per heavy atom. The average molecular weight is 245 g/mol. The fourth-order valence-electron chi connectivity index (χ4n) is 4.40. The van der Waals surface area contributed by atoms with Gasteiger partial charge in [0.2, 0.25) is 0 Å². The van der Waals surface area contributed by atoms with Crippen molar-refractivity contribution in [3.05, 3.63) is 29.6 Å². The number of hydrogen-bond acceptors (Lipinski definition) is 1. The highest BCUT2D eigenvalue weighted by molar-refractivity contribution is 5.38. The Morgan fingerprint density at radius 1 is 1.06 bits per heavy atom. The number of fused-ring (bicyclic) bond motifs is 1. The molecule has 0 saturated carbocycles. The summed E-state index contributed by atoms with van der Waals surface area (Å²) >= 11 is 0. The Labute approximate surface area is 112 Å². The predicted octanol–water partition coefficient (Wildman–Crippen LogP) is 4.75. The maximum atomic E-state index is 4.33. The van der Waals surface area contributed by atoms with Crippen molar-refractivity contribution in [3.63, 3.8) is 0 Å². The predicted molar refractivity (Wildman–Crippen MR) is 77.8 cm³/mol. The van der Waals surface area contributed by atoms with E-state index in [-0.39, 0.29) is 16.2 Å². The molecule has 2 rings (SSSR count). The minimum absolute atomic E-state index is 0.247. The summed E-state index contributed by atoms with van der Waals surface area (Å²) in [6.45, 7) is 14.4. The van der Waals surface area contributed by atoms with Crippen LogP contribution in [0.4, 0.5) is 0 Å². The molecule has 0 spiro atoms. The highest BCUT2D eigenvalue weighted by Crippen LogP contribution is 2.58. The van der Waals surface area contributed by atoms with Gasteiger partial charge in [0.1, 0.15) is 0 Å². The van der Waals surface area contributed by atoms with Gasteiger partial charge in [-0.3, -0.25) is 4.98 Å². The van der Waals surface area contributed by atoms with Crippen LogP contribution >= 0.6 is 0 Å². The van der Waals surface area contributed by atoms with Gasteiger partial charge in [-0.2, -0.15) is 0 Å². The lowest BCUT2D eigenvalue weighted by Crippen LogP contribution is -2.52. The van der Waals surface area contributed by atoms with E-state index in [9.17, 15) is 0 Å². The number of hydrogen-bond donors (Lipinski definition) is 0. The van der Waals surface area contributed by atoms with Crippen LogP contribution in [0.3, 0.4) is 0 Å². The van der Waals surface area contributed by atoms with Gasteiger partial charge in [-0.25, -0.2) is 0 Å². The molecule has 0 aromatic carbocycles. The van der Waals surface area contributed by atoms with Gasteiger partial charge in [-0.15, -0.1) is 0 Å². The third kappa shape index (κ3) is 1.79. The molecule has 1 nitrogen and oxygen atoms in total. The maximum absolute atomic E-state index is 4.33. The van der Waals surface area contributed by atoms with E-state index in [1.54, 1.807) is 5.56 Å². The van der Waals surface area contributed by atoms with Crippen molar-refractivity contribution in [2.75, 3.05) is 0 Å². The lowest BCUT2D eigenvalue weighted by atomic mass is 9.47. The van der Waals surface area contributed by atoms with Crippen LogP contribution in [0.25, 0.3) is 0 Å². The number of nitrogens with zero attached hydrogens (tertiary/aromatic N) is 1. The molecule has 0 bridgehead atoms. The Bertz CT molecular complexity index is 418. The lowest BCUT2D eigenvalue weighted by molar-refractivity contribution is 0.0338. The molecule has 1 aromatic heterocycles. The molecule has 0 atom stereocenters. The molecule has 0 unspecified atom stereocenters. The van der Waals surface area contributed by atoms with Gasteiger partial charge in [-0.1, -0.05) is 41.5 Å². The summed E-state index contributed by atoms with van der Waals surface area (Å²) in [6, 6.07) is 2.27. The molecule has 1 heteroatoms. The first-order valence-electron chi connectivity index (χ1n) is 7.13. The summed E-state index contributed by atoms with van der Waals surface area (Å²) in [4.78, 5) is 4.33. The smallest absolute Gasteiger partial charge is 0.0302 e. The number of pyridine rings is 1. The molecule has 0 radical (unpaired) electrons. The van der Waals surface area contributed by atoms with Crippen LogP contribution in [0.15, 0.2) is 18.5 Å². The van der Waals surface area contributed by atoms with Crippen LogP contribution in [0.5, 0.6) is 0 Å². The molecule has 0 N–H and O–H groups in total. The molecular weight excluding hydrogens is 218 g/mol. The normalized spacial score (nSPS) is 19.4. The molecule has 1 aliphatic carbocycles. The molecule has 1 aromatic rings. The van der Waals surface area contributed by atoms with E-state index in [2.05, 4.69) is 58.8 Å². The molecule has 0 fully saturated rings. The van der Waals surface area contributed by atoms with E-state index >= 15 is 0 Å². The number of rotatable bonds is 0. The summed E-state index contributed by atoms with van der Waals surface area (Å²) in [7, 11) is 0. The Kier molecular flexibility index (Phi) is 3.08. The maximum Gasteiger partial charge on any atom is 0.0302 e. The molecule has 0 amide bonds. The van der Waals surface area contributed by atoms with E-state index in [1.165, 1.54) is 24.8 Å². The van der Waals surface area contributed by atoms with Crippen LogP contribution in [0, 0.1) is 10.8 Å². The summed E-state index contributed by atoms with van der Waals surface area (Å²) in [6.07, 6.45) is 7.82. The van der Waals surface area contributed by atoms with Crippen LogP contribution in [-0.2, 0) is 11.8 Å². The van der Waals surface area contributed by atoms with Crippen molar-refractivity contribution in [1.82, 2.24) is 4.98 Å². The lowest BCUT2D eigenvalue weighted by Gasteiger charge is -2.56. The fourth-order valence-corrected chi connectivity index (χ4v) is 4.40. The SMILES string of the molecule is CC(C)(C)C1(C(C)(C)C)CCCc2cnccc21. The van der Waals surface area contributed by atoms with Crippen molar-refractivity contribution < 1.29 is 0 Å². The van der Waals surface area contributed by atoms with Crippen LogP contribution in [0.2, 0.25) is 0 Å². The van der Waals surface area contributed by atoms with Crippen molar-refractivity contribution in [3.8, 4) is 0 Å². The zero-order chi connectivity index (χ0) is 13.6. The highest BCUT2D eigenvalue weighted by atomic mass is 14.6. The molecule has 1 aliphatic rings. The number of aromatic nitrogens is 1. The fraction of sp³-hybridized carbons (Fsp3) is 0.706. The van der Waals surface area contributed by atoms with Gasteiger partial charge in [0.15, 0.2) is 0 Å². The Hall–Kier alpha value is -0.850. The zero-order valence-corrected chi connectivity index (χ0v) is 12.8. The van der Waals surface area contributed by atoms with Crippen molar-refractivity contribution in [2.24, 2.45) is 10.8 Å². The van der Waals surface area contributed by atoms with Gasteiger partial charge >= 0.3 is 0 Å². The van der Waals surface area contributed by atoms with Crippen LogP contribution in [0.1, 0.15) is 65.5 Å². The second kappa shape index (κ2) is 4.08. The Morgan fingerprint density at radius 3 is 2.22 bits per heavy atom. The van der Waals surface area contributed by atoms with E-state index in [1.807, 2.05) is 6.20 Å². The van der Waals surface area contributed by atoms with Crippen molar-refractivity contribution >= 4 is 0 Å². The van der Waals surface area contributed by atoms with Gasteiger partial charge in [0, 0.05) is 17.8 Å². The standard InChI is InChI=1S/C17H27N/c1-15(2,3)17(16(4,5)6)10-7-8-13-12-18-11-9-14(13)17/h9,11-12H,7-8,10H2,1-6H3. The van der Waals surface area contributed by atoms with Crippen molar-refractivity contribution in [1.29, 1.82) is 0 Å². The quantitative estimate of drug-likeness (QED) is 0.643. The second-order valence-corrected chi connectivity index (χ2v) is 7.79. The molecule has 18 heavy (non-hydrogen) atoms. The minimum atomic E-state index is 0.247. The monoisotopic (exact) mass is 245 g/mol.